The monoisotopic (exact) mass is 358 g/mol. The van der Waals surface area contributed by atoms with Crippen molar-refractivity contribution in [2.45, 2.75) is 19.8 Å². The Bertz CT molecular complexity index is 803. The van der Waals surface area contributed by atoms with Gasteiger partial charge in [0.05, 0.1) is 12.3 Å². The van der Waals surface area contributed by atoms with Gasteiger partial charge in [0.25, 0.3) is 0 Å². The molecule has 2 aromatic rings. The number of rotatable bonds is 6. The van der Waals surface area contributed by atoms with Crippen LogP contribution in [0, 0.1) is 5.41 Å². The molecule has 6 heteroatoms. The van der Waals surface area contributed by atoms with Crippen molar-refractivity contribution >= 4 is 34.8 Å². The molecule has 0 spiro atoms. The highest BCUT2D eigenvalue weighted by Crippen LogP contribution is 2.48. The van der Waals surface area contributed by atoms with Gasteiger partial charge in [0.2, 0.25) is 11.8 Å². The van der Waals surface area contributed by atoms with Gasteiger partial charge in [-0.3, -0.25) is 9.59 Å². The van der Waals surface area contributed by atoms with E-state index in [1.807, 2.05) is 19.1 Å². The first-order chi connectivity index (χ1) is 12.0. The third-order valence-corrected chi connectivity index (χ3v) is 4.37. The molecule has 0 bridgehead atoms. The molecule has 1 aliphatic carbocycles. The zero-order valence-corrected chi connectivity index (χ0v) is 14.6. The molecule has 2 N–H and O–H groups in total. The summed E-state index contributed by atoms with van der Waals surface area (Å²) in [5.74, 6) is -0.0512. The van der Waals surface area contributed by atoms with E-state index >= 15 is 0 Å². The fourth-order valence-electron chi connectivity index (χ4n) is 2.59. The van der Waals surface area contributed by atoms with E-state index in [0.717, 1.165) is 0 Å². The number of benzene rings is 2. The van der Waals surface area contributed by atoms with Crippen LogP contribution in [-0.4, -0.2) is 18.4 Å². The summed E-state index contributed by atoms with van der Waals surface area (Å²) in [6, 6.07) is 14.0. The molecule has 0 radical (unpaired) electrons. The average molecular weight is 359 g/mol. The molecule has 25 heavy (non-hydrogen) atoms. The van der Waals surface area contributed by atoms with E-state index in [0.29, 0.717) is 41.6 Å². The van der Waals surface area contributed by atoms with Crippen LogP contribution in [0.1, 0.15) is 19.8 Å². The van der Waals surface area contributed by atoms with E-state index < -0.39 is 5.41 Å². The number of anilines is 2. The lowest BCUT2D eigenvalue weighted by molar-refractivity contribution is -0.131. The number of para-hydroxylation sites is 2. The smallest absolute Gasteiger partial charge is 0.240 e. The van der Waals surface area contributed by atoms with Crippen molar-refractivity contribution in [3.05, 3.63) is 53.6 Å². The zero-order chi connectivity index (χ0) is 17.9. The molecule has 3 rings (SSSR count). The Labute approximate surface area is 151 Å². The number of hydrogen-bond donors (Lipinski definition) is 2. The minimum Gasteiger partial charge on any atom is -0.492 e. The van der Waals surface area contributed by atoms with Crippen LogP contribution in [0.4, 0.5) is 11.4 Å². The highest BCUT2D eigenvalue weighted by molar-refractivity contribution is 6.31. The van der Waals surface area contributed by atoms with Crippen molar-refractivity contribution < 1.29 is 14.3 Å². The van der Waals surface area contributed by atoms with E-state index in [2.05, 4.69) is 10.6 Å². The molecule has 0 saturated heterocycles. The van der Waals surface area contributed by atoms with E-state index in [4.69, 9.17) is 16.3 Å². The Balaban J connectivity index is 1.72. The fourth-order valence-corrected chi connectivity index (χ4v) is 2.78. The molecule has 1 aliphatic rings. The number of nitrogens with one attached hydrogen (secondary N) is 2. The summed E-state index contributed by atoms with van der Waals surface area (Å²) in [6.07, 6.45) is 1.03. The molecular weight excluding hydrogens is 340 g/mol. The van der Waals surface area contributed by atoms with Crippen LogP contribution in [0.25, 0.3) is 0 Å². The molecule has 5 nitrogen and oxygen atoms in total. The molecule has 2 aromatic carbocycles. The SMILES string of the molecule is CCOc1ccccc1NC(=O)C1(C(=O)Nc2cccc(Cl)c2)CC1. The summed E-state index contributed by atoms with van der Waals surface area (Å²) < 4.78 is 5.51. The molecule has 0 atom stereocenters. The van der Waals surface area contributed by atoms with Gasteiger partial charge < -0.3 is 15.4 Å². The second kappa shape index (κ2) is 7.15. The number of carbonyl (C=O) groups is 2. The lowest BCUT2D eigenvalue weighted by Gasteiger charge is -2.17. The highest BCUT2D eigenvalue weighted by Gasteiger charge is 2.56. The van der Waals surface area contributed by atoms with Gasteiger partial charge in [0, 0.05) is 10.7 Å². The minimum atomic E-state index is -1.04. The quantitative estimate of drug-likeness (QED) is 0.764. The summed E-state index contributed by atoms with van der Waals surface area (Å²) >= 11 is 5.93. The van der Waals surface area contributed by atoms with Crippen LogP contribution < -0.4 is 15.4 Å². The van der Waals surface area contributed by atoms with E-state index in [9.17, 15) is 9.59 Å². The largest absolute Gasteiger partial charge is 0.492 e. The Kier molecular flexibility index (Phi) is 4.95. The predicted molar refractivity (Wildman–Crippen MR) is 98.0 cm³/mol. The molecule has 130 valence electrons. The van der Waals surface area contributed by atoms with Crippen LogP contribution in [0.5, 0.6) is 5.75 Å². The Hall–Kier alpha value is -2.53. The molecule has 1 saturated carbocycles. The fraction of sp³-hybridized carbons (Fsp3) is 0.263. The zero-order valence-electron chi connectivity index (χ0n) is 13.8. The molecule has 0 aliphatic heterocycles. The predicted octanol–water partition coefficient (Wildman–Crippen LogP) is 4.10. The third kappa shape index (κ3) is 3.77. The van der Waals surface area contributed by atoms with Crippen LogP contribution in [-0.2, 0) is 9.59 Å². The van der Waals surface area contributed by atoms with Gasteiger partial charge in [-0.05, 0) is 50.1 Å². The van der Waals surface area contributed by atoms with Crippen molar-refractivity contribution in [1.82, 2.24) is 0 Å². The van der Waals surface area contributed by atoms with Crippen LogP contribution >= 0.6 is 11.6 Å². The first-order valence-electron chi connectivity index (χ1n) is 8.15. The molecule has 2 amide bonds. The van der Waals surface area contributed by atoms with Crippen molar-refractivity contribution in [2.24, 2.45) is 5.41 Å². The minimum absolute atomic E-state index is 0.318. The summed E-state index contributed by atoms with van der Waals surface area (Å²) in [5, 5.41) is 6.13. The van der Waals surface area contributed by atoms with Gasteiger partial charge in [-0.2, -0.15) is 0 Å². The third-order valence-electron chi connectivity index (χ3n) is 4.14. The molecule has 0 unspecified atom stereocenters. The number of ether oxygens (including phenoxy) is 1. The summed E-state index contributed by atoms with van der Waals surface area (Å²) in [4.78, 5) is 25.3. The Morgan fingerprint density at radius 3 is 2.48 bits per heavy atom. The van der Waals surface area contributed by atoms with Gasteiger partial charge in [-0.25, -0.2) is 0 Å². The van der Waals surface area contributed by atoms with Gasteiger partial charge in [-0.15, -0.1) is 0 Å². The van der Waals surface area contributed by atoms with Gasteiger partial charge in [0.15, 0.2) is 0 Å². The summed E-state index contributed by atoms with van der Waals surface area (Å²) in [6.45, 7) is 2.37. The lowest BCUT2D eigenvalue weighted by atomic mass is 10.0. The van der Waals surface area contributed by atoms with Crippen molar-refractivity contribution in [2.75, 3.05) is 17.2 Å². The molecule has 1 fully saturated rings. The second-order valence-corrected chi connectivity index (χ2v) is 6.37. The van der Waals surface area contributed by atoms with Crippen LogP contribution in [0.3, 0.4) is 0 Å². The Morgan fingerprint density at radius 2 is 1.80 bits per heavy atom. The standard InChI is InChI=1S/C19H19ClN2O3/c1-2-25-16-9-4-3-8-15(16)22-18(24)19(10-11-19)17(23)21-14-7-5-6-13(20)12-14/h3-9,12H,2,10-11H2,1H3,(H,21,23)(H,22,24). The highest BCUT2D eigenvalue weighted by atomic mass is 35.5. The average Bonchev–Trinajstić information content (AvgIpc) is 3.39. The van der Waals surface area contributed by atoms with Crippen LogP contribution in [0.2, 0.25) is 5.02 Å². The number of amides is 2. The van der Waals surface area contributed by atoms with E-state index in [-0.39, 0.29) is 11.8 Å². The summed E-state index contributed by atoms with van der Waals surface area (Å²) in [5.41, 5.74) is 0.101. The van der Waals surface area contributed by atoms with E-state index in [1.165, 1.54) is 0 Å². The maximum absolute atomic E-state index is 12.7. The van der Waals surface area contributed by atoms with Gasteiger partial charge in [-0.1, -0.05) is 29.8 Å². The van der Waals surface area contributed by atoms with Gasteiger partial charge >= 0.3 is 0 Å². The van der Waals surface area contributed by atoms with E-state index in [1.54, 1.807) is 36.4 Å². The maximum Gasteiger partial charge on any atom is 0.240 e. The number of hydrogen-bond acceptors (Lipinski definition) is 3. The topological polar surface area (TPSA) is 67.4 Å². The van der Waals surface area contributed by atoms with Gasteiger partial charge in [0.1, 0.15) is 11.2 Å². The maximum atomic E-state index is 12.7. The first kappa shape index (κ1) is 17.3. The van der Waals surface area contributed by atoms with Crippen molar-refractivity contribution in [3.8, 4) is 5.75 Å². The molecule has 0 heterocycles. The second-order valence-electron chi connectivity index (χ2n) is 5.93. The lowest BCUT2D eigenvalue weighted by Crippen LogP contribution is -2.35. The first-order valence-corrected chi connectivity index (χ1v) is 8.53. The molecular formula is C19H19ClN2O3. The summed E-state index contributed by atoms with van der Waals surface area (Å²) in [7, 11) is 0. The number of carbonyl (C=O) groups excluding carboxylic acids is 2. The van der Waals surface area contributed by atoms with Crippen LogP contribution in [0.15, 0.2) is 48.5 Å². The normalized spacial score (nSPS) is 14.5. The van der Waals surface area contributed by atoms with Crippen molar-refractivity contribution in [1.29, 1.82) is 0 Å². The number of halogens is 1. The van der Waals surface area contributed by atoms with Crippen molar-refractivity contribution in [3.63, 3.8) is 0 Å². The Morgan fingerprint density at radius 1 is 1.08 bits per heavy atom. The molecule has 0 aromatic heterocycles.